The third-order valence-electron chi connectivity index (χ3n) is 3.48. The van der Waals surface area contributed by atoms with Gasteiger partial charge in [0.15, 0.2) is 9.84 Å². The fourth-order valence-corrected chi connectivity index (χ4v) is 4.00. The Balaban J connectivity index is 1.69. The number of rotatable bonds is 4. The first-order valence-electron chi connectivity index (χ1n) is 7.17. The Kier molecular flexibility index (Phi) is 4.24. The van der Waals surface area contributed by atoms with Crippen molar-refractivity contribution in [1.82, 2.24) is 0 Å². The first-order chi connectivity index (χ1) is 10.6. The molecule has 5 heteroatoms. The molecule has 3 rings (SSSR count). The Morgan fingerprint density at radius 3 is 2.55 bits per heavy atom. The zero-order chi connectivity index (χ0) is 15.4. The number of nitrogens with zero attached hydrogens (tertiary/aromatic N) is 1. The predicted molar refractivity (Wildman–Crippen MR) is 87.6 cm³/mol. The fraction of sp³-hybridized carbons (Fsp3) is 0.235. The second-order valence-electron chi connectivity index (χ2n) is 5.32. The van der Waals surface area contributed by atoms with Crippen molar-refractivity contribution in [1.29, 1.82) is 0 Å². The average Bonchev–Trinajstić information content (AvgIpc) is 2.86. The lowest BCUT2D eigenvalue weighted by Crippen LogP contribution is -2.07. The van der Waals surface area contributed by atoms with Crippen LogP contribution in [-0.4, -0.2) is 32.2 Å². The van der Waals surface area contributed by atoms with Crippen molar-refractivity contribution >= 4 is 16.1 Å². The normalized spacial score (nSPS) is 20.3. The summed E-state index contributed by atoms with van der Waals surface area (Å²) in [6, 6.07) is 17.0. The first-order valence-corrected chi connectivity index (χ1v) is 8.99. The summed E-state index contributed by atoms with van der Waals surface area (Å²) in [5.41, 5.74) is 0.901. The number of benzene rings is 2. The van der Waals surface area contributed by atoms with E-state index in [0.29, 0.717) is 6.42 Å². The molecule has 1 unspecified atom stereocenters. The molecule has 2 aromatic rings. The monoisotopic (exact) mass is 315 g/mol. The van der Waals surface area contributed by atoms with Gasteiger partial charge in [-0.05, 0) is 36.2 Å². The molecule has 2 aromatic carbocycles. The van der Waals surface area contributed by atoms with Crippen LogP contribution in [0.25, 0.3) is 0 Å². The number of ether oxygens (including phenoxy) is 1. The van der Waals surface area contributed by atoms with E-state index < -0.39 is 9.84 Å². The molecule has 0 spiro atoms. The minimum atomic E-state index is -2.89. The second kappa shape index (κ2) is 6.32. The molecule has 114 valence electrons. The maximum atomic E-state index is 11.4. The molecule has 1 aliphatic rings. The van der Waals surface area contributed by atoms with Crippen LogP contribution in [0.2, 0.25) is 0 Å². The van der Waals surface area contributed by atoms with Crippen LogP contribution in [0.1, 0.15) is 12.0 Å². The lowest BCUT2D eigenvalue weighted by molar-refractivity contribution is 0.482. The smallest absolute Gasteiger partial charge is 0.152 e. The topological polar surface area (TPSA) is 55.7 Å². The van der Waals surface area contributed by atoms with Gasteiger partial charge in [-0.3, -0.25) is 4.99 Å². The van der Waals surface area contributed by atoms with Gasteiger partial charge in [0, 0.05) is 6.21 Å². The van der Waals surface area contributed by atoms with Gasteiger partial charge in [0.05, 0.1) is 17.5 Å². The summed E-state index contributed by atoms with van der Waals surface area (Å²) in [7, 11) is -2.89. The van der Waals surface area contributed by atoms with Crippen LogP contribution in [0, 0.1) is 0 Å². The van der Waals surface area contributed by atoms with Crippen molar-refractivity contribution in [2.75, 3.05) is 11.5 Å². The van der Waals surface area contributed by atoms with Crippen molar-refractivity contribution in [2.24, 2.45) is 4.99 Å². The lowest BCUT2D eigenvalue weighted by atomic mass is 10.2. The summed E-state index contributed by atoms with van der Waals surface area (Å²) in [5, 5.41) is 0. The van der Waals surface area contributed by atoms with Crippen molar-refractivity contribution < 1.29 is 13.2 Å². The quantitative estimate of drug-likeness (QED) is 0.815. The number of hydrogen-bond donors (Lipinski definition) is 0. The Morgan fingerprint density at radius 2 is 1.82 bits per heavy atom. The maximum absolute atomic E-state index is 11.4. The highest BCUT2D eigenvalue weighted by Crippen LogP contribution is 2.21. The Bertz CT molecular complexity index is 770. The molecule has 0 N–H and O–H groups in total. The SMILES string of the molecule is O=S1(=O)CCC(N=Cc2cccc(Oc3ccccc3)c2)C1. The zero-order valence-corrected chi connectivity index (χ0v) is 12.9. The third kappa shape index (κ3) is 3.95. The largest absolute Gasteiger partial charge is 0.457 e. The highest BCUT2D eigenvalue weighted by atomic mass is 32.2. The number of aliphatic imine (C=N–C) groups is 1. The molecular weight excluding hydrogens is 298 g/mol. The molecule has 0 bridgehead atoms. The Morgan fingerprint density at radius 1 is 1.05 bits per heavy atom. The molecular formula is C17H17NO3S. The van der Waals surface area contributed by atoms with E-state index in [0.717, 1.165) is 17.1 Å². The van der Waals surface area contributed by atoms with Crippen LogP contribution in [0.3, 0.4) is 0 Å². The molecule has 0 aliphatic carbocycles. The third-order valence-corrected chi connectivity index (χ3v) is 5.23. The molecule has 0 aromatic heterocycles. The van der Waals surface area contributed by atoms with E-state index >= 15 is 0 Å². The summed E-state index contributed by atoms with van der Waals surface area (Å²) in [4.78, 5) is 4.38. The van der Waals surface area contributed by atoms with E-state index in [4.69, 9.17) is 4.74 Å². The van der Waals surface area contributed by atoms with E-state index in [1.54, 1.807) is 6.21 Å². The predicted octanol–water partition coefficient (Wildman–Crippen LogP) is 3.08. The van der Waals surface area contributed by atoms with Crippen molar-refractivity contribution in [3.63, 3.8) is 0 Å². The summed E-state index contributed by atoms with van der Waals surface area (Å²) < 4.78 is 28.6. The van der Waals surface area contributed by atoms with Gasteiger partial charge >= 0.3 is 0 Å². The van der Waals surface area contributed by atoms with Crippen molar-refractivity contribution in [3.05, 3.63) is 60.2 Å². The van der Waals surface area contributed by atoms with Crippen LogP contribution >= 0.6 is 0 Å². The summed E-state index contributed by atoms with van der Waals surface area (Å²) in [6.45, 7) is 0. The van der Waals surface area contributed by atoms with Crippen LogP contribution in [0.5, 0.6) is 11.5 Å². The van der Waals surface area contributed by atoms with Gasteiger partial charge < -0.3 is 4.74 Å². The molecule has 22 heavy (non-hydrogen) atoms. The lowest BCUT2D eigenvalue weighted by Gasteiger charge is -2.06. The fourth-order valence-electron chi connectivity index (χ4n) is 2.37. The van der Waals surface area contributed by atoms with E-state index in [1.165, 1.54) is 0 Å². The van der Waals surface area contributed by atoms with E-state index in [2.05, 4.69) is 4.99 Å². The minimum absolute atomic E-state index is 0.122. The zero-order valence-electron chi connectivity index (χ0n) is 12.1. The number of hydrogen-bond acceptors (Lipinski definition) is 4. The molecule has 1 saturated heterocycles. The molecule has 0 saturated carbocycles. The highest BCUT2D eigenvalue weighted by molar-refractivity contribution is 7.91. The van der Waals surface area contributed by atoms with E-state index in [-0.39, 0.29) is 17.5 Å². The Labute approximate surface area is 130 Å². The van der Waals surface area contributed by atoms with Gasteiger partial charge in [0.2, 0.25) is 0 Å². The van der Waals surface area contributed by atoms with Crippen LogP contribution in [0.4, 0.5) is 0 Å². The van der Waals surface area contributed by atoms with Crippen LogP contribution < -0.4 is 4.74 Å². The summed E-state index contributed by atoms with van der Waals surface area (Å²) in [5.74, 6) is 1.91. The number of para-hydroxylation sites is 1. The molecule has 1 heterocycles. The van der Waals surface area contributed by atoms with Crippen LogP contribution in [0.15, 0.2) is 59.6 Å². The van der Waals surface area contributed by atoms with Crippen molar-refractivity contribution in [3.8, 4) is 11.5 Å². The van der Waals surface area contributed by atoms with Gasteiger partial charge in [0.1, 0.15) is 11.5 Å². The second-order valence-corrected chi connectivity index (χ2v) is 7.55. The van der Waals surface area contributed by atoms with E-state index in [9.17, 15) is 8.42 Å². The first kappa shape index (κ1) is 14.8. The van der Waals surface area contributed by atoms with E-state index in [1.807, 2.05) is 54.6 Å². The molecule has 1 aliphatic heterocycles. The molecule has 1 fully saturated rings. The van der Waals surface area contributed by atoms with Crippen LogP contribution in [-0.2, 0) is 9.84 Å². The summed E-state index contributed by atoms with van der Waals surface area (Å²) >= 11 is 0. The molecule has 0 amide bonds. The average molecular weight is 315 g/mol. The van der Waals surface area contributed by atoms with Gasteiger partial charge in [0.25, 0.3) is 0 Å². The van der Waals surface area contributed by atoms with Gasteiger partial charge in [-0.25, -0.2) is 8.42 Å². The van der Waals surface area contributed by atoms with Gasteiger partial charge in [-0.2, -0.15) is 0 Å². The molecule has 0 radical (unpaired) electrons. The molecule has 4 nitrogen and oxygen atoms in total. The highest BCUT2D eigenvalue weighted by Gasteiger charge is 2.26. The van der Waals surface area contributed by atoms with Gasteiger partial charge in [-0.1, -0.05) is 30.3 Å². The van der Waals surface area contributed by atoms with Crippen molar-refractivity contribution in [2.45, 2.75) is 12.5 Å². The maximum Gasteiger partial charge on any atom is 0.152 e. The van der Waals surface area contributed by atoms with Gasteiger partial charge in [-0.15, -0.1) is 0 Å². The summed E-state index contributed by atoms with van der Waals surface area (Å²) in [6.07, 6.45) is 2.34. The minimum Gasteiger partial charge on any atom is -0.457 e. The Hall–Kier alpha value is -2.14. The number of sulfone groups is 1. The standard InChI is InChI=1S/C17H17NO3S/c19-22(20)10-9-15(13-22)18-12-14-5-4-8-17(11-14)21-16-6-2-1-3-7-16/h1-8,11-12,15H,9-10,13H2. The molecule has 1 atom stereocenters.